The van der Waals surface area contributed by atoms with Gasteiger partial charge >= 0.3 is 0 Å². The van der Waals surface area contributed by atoms with Gasteiger partial charge < -0.3 is 4.74 Å². The van der Waals surface area contributed by atoms with Crippen LogP contribution in [0.1, 0.15) is 10.4 Å². The summed E-state index contributed by atoms with van der Waals surface area (Å²) >= 11 is 1.57. The Morgan fingerprint density at radius 2 is 2.25 bits per heavy atom. The van der Waals surface area contributed by atoms with E-state index in [2.05, 4.69) is 0 Å². The molecule has 12 heavy (non-hydrogen) atoms. The topological polar surface area (TPSA) is 26.3 Å². The van der Waals surface area contributed by atoms with Gasteiger partial charge in [0.15, 0.2) is 6.29 Å². The minimum atomic E-state index is 0.601. The second-order valence-corrected chi connectivity index (χ2v) is 3.05. The van der Waals surface area contributed by atoms with Crippen molar-refractivity contribution in [2.75, 3.05) is 13.4 Å². The van der Waals surface area contributed by atoms with Gasteiger partial charge in [0.05, 0.1) is 12.7 Å². The zero-order valence-electron chi connectivity index (χ0n) is 7.03. The number of rotatable bonds is 3. The first-order valence-corrected chi connectivity index (χ1v) is 4.72. The Balaban J connectivity index is 3.21. The van der Waals surface area contributed by atoms with E-state index in [0.29, 0.717) is 11.3 Å². The van der Waals surface area contributed by atoms with Crippen LogP contribution in [-0.4, -0.2) is 19.7 Å². The van der Waals surface area contributed by atoms with Gasteiger partial charge in [-0.05, 0) is 18.4 Å². The fourth-order valence-electron chi connectivity index (χ4n) is 1.00. The van der Waals surface area contributed by atoms with E-state index in [0.717, 1.165) is 11.2 Å². The third-order valence-electron chi connectivity index (χ3n) is 1.56. The molecule has 0 spiro atoms. The van der Waals surface area contributed by atoms with Crippen LogP contribution in [0.5, 0.6) is 5.75 Å². The molecule has 0 aliphatic rings. The Labute approximate surface area is 75.9 Å². The van der Waals surface area contributed by atoms with Crippen LogP contribution in [0, 0.1) is 0 Å². The van der Waals surface area contributed by atoms with Crippen molar-refractivity contribution >= 4 is 18.0 Å². The molecule has 1 aromatic carbocycles. The maximum absolute atomic E-state index is 10.6. The van der Waals surface area contributed by atoms with Crippen LogP contribution in [0.15, 0.2) is 23.1 Å². The van der Waals surface area contributed by atoms with Gasteiger partial charge in [-0.3, -0.25) is 4.79 Å². The zero-order valence-corrected chi connectivity index (χ0v) is 7.85. The average molecular weight is 182 g/mol. The van der Waals surface area contributed by atoms with E-state index >= 15 is 0 Å². The molecule has 0 unspecified atom stereocenters. The molecule has 1 aromatic rings. The highest BCUT2D eigenvalue weighted by atomic mass is 32.2. The van der Waals surface area contributed by atoms with E-state index in [1.165, 1.54) is 0 Å². The largest absolute Gasteiger partial charge is 0.495 e. The number of hydrogen-bond acceptors (Lipinski definition) is 3. The highest BCUT2D eigenvalue weighted by Crippen LogP contribution is 2.29. The van der Waals surface area contributed by atoms with Crippen LogP contribution in [-0.2, 0) is 0 Å². The quantitative estimate of drug-likeness (QED) is 0.529. The molecule has 0 amide bonds. The number of benzene rings is 1. The Kier molecular flexibility index (Phi) is 3.17. The first kappa shape index (κ1) is 9.13. The molecule has 0 bridgehead atoms. The normalized spacial score (nSPS) is 9.50. The number of aldehydes is 1. The lowest BCUT2D eigenvalue weighted by atomic mass is 10.2. The molecule has 0 saturated carbocycles. The predicted molar refractivity (Wildman–Crippen MR) is 50.2 cm³/mol. The fourth-order valence-corrected chi connectivity index (χ4v) is 1.61. The van der Waals surface area contributed by atoms with Crippen molar-refractivity contribution in [2.45, 2.75) is 4.90 Å². The van der Waals surface area contributed by atoms with Crippen LogP contribution in [0.25, 0.3) is 0 Å². The van der Waals surface area contributed by atoms with Crippen molar-refractivity contribution in [3.63, 3.8) is 0 Å². The van der Waals surface area contributed by atoms with Gasteiger partial charge in [0.1, 0.15) is 5.75 Å². The highest BCUT2D eigenvalue weighted by Gasteiger charge is 2.05. The third kappa shape index (κ3) is 1.61. The lowest BCUT2D eigenvalue weighted by molar-refractivity contribution is 0.112. The molecule has 0 aliphatic carbocycles. The number of carbonyl (C=O) groups excluding carboxylic acids is 1. The second kappa shape index (κ2) is 4.16. The summed E-state index contributed by atoms with van der Waals surface area (Å²) in [5, 5.41) is 0. The van der Waals surface area contributed by atoms with E-state index < -0.39 is 0 Å². The molecule has 64 valence electrons. The maximum atomic E-state index is 10.6. The highest BCUT2D eigenvalue weighted by molar-refractivity contribution is 7.98. The molecule has 3 heteroatoms. The maximum Gasteiger partial charge on any atom is 0.153 e. The minimum absolute atomic E-state index is 0.601. The molecule has 0 aliphatic heterocycles. The molecule has 1 rings (SSSR count). The van der Waals surface area contributed by atoms with Crippen molar-refractivity contribution in [3.05, 3.63) is 23.8 Å². The molecular formula is C9H10O2S. The van der Waals surface area contributed by atoms with E-state index in [-0.39, 0.29) is 0 Å². The SMILES string of the molecule is COc1c(C=O)cccc1SC. The summed E-state index contributed by atoms with van der Waals surface area (Å²) in [5.41, 5.74) is 0.601. The van der Waals surface area contributed by atoms with E-state index in [1.54, 1.807) is 24.9 Å². The zero-order chi connectivity index (χ0) is 8.97. The number of ether oxygens (including phenoxy) is 1. The Bertz CT molecular complexity index is 284. The lowest BCUT2D eigenvalue weighted by Gasteiger charge is -2.07. The number of para-hydroxylation sites is 1. The molecule has 0 fully saturated rings. The van der Waals surface area contributed by atoms with Crippen LogP contribution in [0.3, 0.4) is 0 Å². The first-order valence-electron chi connectivity index (χ1n) is 3.49. The monoisotopic (exact) mass is 182 g/mol. The van der Waals surface area contributed by atoms with Crippen LogP contribution in [0.2, 0.25) is 0 Å². The number of methoxy groups -OCH3 is 1. The molecule has 0 atom stereocenters. The van der Waals surface area contributed by atoms with Crippen LogP contribution < -0.4 is 4.74 Å². The van der Waals surface area contributed by atoms with Crippen molar-refractivity contribution < 1.29 is 9.53 Å². The average Bonchev–Trinajstić information content (AvgIpc) is 2.16. The van der Waals surface area contributed by atoms with Gasteiger partial charge in [-0.15, -0.1) is 11.8 Å². The van der Waals surface area contributed by atoms with Crippen molar-refractivity contribution in [1.29, 1.82) is 0 Å². The summed E-state index contributed by atoms with van der Waals surface area (Å²) in [5.74, 6) is 0.667. The van der Waals surface area contributed by atoms with Gasteiger partial charge in [0, 0.05) is 4.90 Å². The molecule has 0 heterocycles. The van der Waals surface area contributed by atoms with Crippen LogP contribution in [0.4, 0.5) is 0 Å². The summed E-state index contributed by atoms with van der Waals surface area (Å²) < 4.78 is 5.11. The summed E-state index contributed by atoms with van der Waals surface area (Å²) in [6.45, 7) is 0. The molecule has 0 aromatic heterocycles. The number of hydrogen-bond donors (Lipinski definition) is 0. The van der Waals surface area contributed by atoms with Crippen molar-refractivity contribution in [2.24, 2.45) is 0 Å². The van der Waals surface area contributed by atoms with Crippen molar-refractivity contribution in [1.82, 2.24) is 0 Å². The second-order valence-electron chi connectivity index (χ2n) is 2.20. The van der Waals surface area contributed by atoms with Gasteiger partial charge in [-0.25, -0.2) is 0 Å². The van der Waals surface area contributed by atoms with Gasteiger partial charge in [-0.1, -0.05) is 6.07 Å². The summed E-state index contributed by atoms with van der Waals surface area (Å²) in [6, 6.07) is 5.51. The van der Waals surface area contributed by atoms with Crippen LogP contribution >= 0.6 is 11.8 Å². The number of carbonyl (C=O) groups is 1. The fraction of sp³-hybridized carbons (Fsp3) is 0.222. The number of thioether (sulfide) groups is 1. The molecular weight excluding hydrogens is 172 g/mol. The molecule has 0 radical (unpaired) electrons. The van der Waals surface area contributed by atoms with Gasteiger partial charge in [0.2, 0.25) is 0 Å². The minimum Gasteiger partial charge on any atom is -0.495 e. The van der Waals surface area contributed by atoms with Crippen molar-refractivity contribution in [3.8, 4) is 5.75 Å². The van der Waals surface area contributed by atoms with Gasteiger partial charge in [0.25, 0.3) is 0 Å². The summed E-state index contributed by atoms with van der Waals surface area (Å²) in [4.78, 5) is 11.6. The smallest absolute Gasteiger partial charge is 0.153 e. The first-order chi connectivity index (χ1) is 5.83. The molecule has 2 nitrogen and oxygen atoms in total. The Morgan fingerprint density at radius 1 is 1.50 bits per heavy atom. The lowest BCUT2D eigenvalue weighted by Crippen LogP contribution is -1.91. The Morgan fingerprint density at radius 3 is 2.75 bits per heavy atom. The Hall–Kier alpha value is -0.960. The standard InChI is InChI=1S/C9H10O2S/c1-11-9-7(6-10)4-3-5-8(9)12-2/h3-6H,1-2H3. The molecule has 0 saturated heterocycles. The van der Waals surface area contributed by atoms with Gasteiger partial charge in [-0.2, -0.15) is 0 Å². The molecule has 0 N–H and O–H groups in total. The van der Waals surface area contributed by atoms with E-state index in [9.17, 15) is 4.79 Å². The summed E-state index contributed by atoms with van der Waals surface area (Å²) in [7, 11) is 1.57. The predicted octanol–water partition coefficient (Wildman–Crippen LogP) is 2.23. The summed E-state index contributed by atoms with van der Waals surface area (Å²) in [6.07, 6.45) is 2.75. The van der Waals surface area contributed by atoms with E-state index in [1.807, 2.05) is 18.4 Å². The third-order valence-corrected chi connectivity index (χ3v) is 2.32. The van der Waals surface area contributed by atoms with E-state index in [4.69, 9.17) is 4.74 Å².